The zero-order chi connectivity index (χ0) is 17.2. The molecule has 25 heavy (non-hydrogen) atoms. The number of nitrogens with zero attached hydrogens (tertiary/aromatic N) is 2. The number of fused-ring (bicyclic) bond motifs is 1. The van der Waals surface area contributed by atoms with E-state index in [0.717, 1.165) is 28.9 Å². The van der Waals surface area contributed by atoms with Crippen LogP contribution in [0, 0.1) is 0 Å². The van der Waals surface area contributed by atoms with Crippen molar-refractivity contribution in [3.05, 3.63) is 78.4 Å². The SMILES string of the molecule is CCc1ccc(-c2nc3c(O)cccc3nc2-c2ccccc2)cc1. The van der Waals surface area contributed by atoms with Gasteiger partial charge in [-0.2, -0.15) is 0 Å². The predicted octanol–water partition coefficient (Wildman–Crippen LogP) is 5.23. The van der Waals surface area contributed by atoms with Gasteiger partial charge in [0.05, 0.1) is 16.9 Å². The molecule has 0 fully saturated rings. The molecular weight excluding hydrogens is 308 g/mol. The topological polar surface area (TPSA) is 46.0 Å². The molecule has 0 atom stereocenters. The van der Waals surface area contributed by atoms with Gasteiger partial charge in [-0.05, 0) is 24.1 Å². The number of benzene rings is 3. The highest BCUT2D eigenvalue weighted by Crippen LogP contribution is 2.33. The van der Waals surface area contributed by atoms with E-state index in [1.807, 2.05) is 36.4 Å². The smallest absolute Gasteiger partial charge is 0.143 e. The fraction of sp³-hybridized carbons (Fsp3) is 0.0909. The highest BCUT2D eigenvalue weighted by Gasteiger charge is 2.14. The van der Waals surface area contributed by atoms with Crippen LogP contribution in [-0.2, 0) is 6.42 Å². The van der Waals surface area contributed by atoms with Crippen molar-refractivity contribution in [1.82, 2.24) is 9.97 Å². The maximum atomic E-state index is 10.2. The monoisotopic (exact) mass is 326 g/mol. The lowest BCUT2D eigenvalue weighted by Crippen LogP contribution is -1.96. The number of phenols is 1. The third-order valence-corrected chi connectivity index (χ3v) is 4.36. The molecule has 3 heteroatoms. The average Bonchev–Trinajstić information content (AvgIpc) is 2.68. The normalized spacial score (nSPS) is 10.9. The third-order valence-electron chi connectivity index (χ3n) is 4.36. The van der Waals surface area contributed by atoms with Gasteiger partial charge in [-0.1, -0.05) is 67.6 Å². The lowest BCUT2D eigenvalue weighted by molar-refractivity contribution is 0.480. The molecule has 1 aromatic heterocycles. The first-order chi connectivity index (χ1) is 12.3. The first-order valence-electron chi connectivity index (χ1n) is 8.40. The molecule has 1 heterocycles. The number of phenolic OH excluding ortho intramolecular Hbond substituents is 1. The van der Waals surface area contributed by atoms with Crippen LogP contribution in [0.15, 0.2) is 72.8 Å². The Kier molecular flexibility index (Phi) is 3.90. The number of hydrogen-bond donors (Lipinski definition) is 1. The molecule has 0 saturated heterocycles. The van der Waals surface area contributed by atoms with Gasteiger partial charge in [-0.3, -0.25) is 0 Å². The Bertz CT molecular complexity index is 1030. The van der Waals surface area contributed by atoms with Crippen LogP contribution in [-0.4, -0.2) is 15.1 Å². The zero-order valence-corrected chi connectivity index (χ0v) is 14.0. The van der Waals surface area contributed by atoms with Gasteiger partial charge in [0, 0.05) is 11.1 Å². The van der Waals surface area contributed by atoms with E-state index in [-0.39, 0.29) is 5.75 Å². The highest BCUT2D eigenvalue weighted by molar-refractivity contribution is 5.88. The van der Waals surface area contributed by atoms with Crippen molar-refractivity contribution in [2.24, 2.45) is 0 Å². The van der Waals surface area contributed by atoms with Gasteiger partial charge in [0.2, 0.25) is 0 Å². The Morgan fingerprint density at radius 3 is 2.12 bits per heavy atom. The summed E-state index contributed by atoms with van der Waals surface area (Å²) >= 11 is 0. The summed E-state index contributed by atoms with van der Waals surface area (Å²) in [6.07, 6.45) is 0.996. The largest absolute Gasteiger partial charge is 0.506 e. The van der Waals surface area contributed by atoms with Crippen molar-refractivity contribution in [2.75, 3.05) is 0 Å². The maximum Gasteiger partial charge on any atom is 0.143 e. The summed E-state index contributed by atoms with van der Waals surface area (Å²) in [4.78, 5) is 9.57. The molecule has 0 radical (unpaired) electrons. The number of aryl methyl sites for hydroxylation is 1. The van der Waals surface area contributed by atoms with E-state index in [9.17, 15) is 5.11 Å². The van der Waals surface area contributed by atoms with Gasteiger partial charge in [0.1, 0.15) is 11.3 Å². The van der Waals surface area contributed by atoms with Crippen molar-refractivity contribution >= 4 is 11.0 Å². The number of para-hydroxylation sites is 1. The molecule has 0 bridgehead atoms. The van der Waals surface area contributed by atoms with Gasteiger partial charge < -0.3 is 5.11 Å². The van der Waals surface area contributed by atoms with Crippen LogP contribution in [0.4, 0.5) is 0 Å². The lowest BCUT2D eigenvalue weighted by atomic mass is 10.0. The van der Waals surface area contributed by atoms with Crippen LogP contribution >= 0.6 is 0 Å². The Morgan fingerprint density at radius 2 is 1.40 bits per heavy atom. The summed E-state index contributed by atoms with van der Waals surface area (Å²) in [5, 5.41) is 10.2. The van der Waals surface area contributed by atoms with Crippen LogP contribution in [0.25, 0.3) is 33.5 Å². The van der Waals surface area contributed by atoms with E-state index in [4.69, 9.17) is 9.97 Å². The van der Waals surface area contributed by atoms with Crippen molar-refractivity contribution < 1.29 is 5.11 Å². The fourth-order valence-corrected chi connectivity index (χ4v) is 2.96. The molecule has 4 rings (SSSR count). The Morgan fingerprint density at radius 1 is 0.720 bits per heavy atom. The molecule has 3 nitrogen and oxygen atoms in total. The quantitative estimate of drug-likeness (QED) is 0.560. The first kappa shape index (κ1) is 15.3. The highest BCUT2D eigenvalue weighted by atomic mass is 16.3. The van der Waals surface area contributed by atoms with E-state index < -0.39 is 0 Å². The van der Waals surface area contributed by atoms with Crippen molar-refractivity contribution in [2.45, 2.75) is 13.3 Å². The average molecular weight is 326 g/mol. The molecule has 0 spiro atoms. The van der Waals surface area contributed by atoms with E-state index in [2.05, 4.69) is 31.2 Å². The Balaban J connectivity index is 2.00. The second kappa shape index (κ2) is 6.36. The molecule has 0 aliphatic rings. The maximum absolute atomic E-state index is 10.2. The molecule has 3 aromatic carbocycles. The second-order valence-electron chi connectivity index (χ2n) is 5.98. The number of aromatic hydroxyl groups is 1. The summed E-state index contributed by atoms with van der Waals surface area (Å²) in [5.41, 5.74) is 6.10. The molecular formula is C22H18N2O. The van der Waals surface area contributed by atoms with Crippen LogP contribution < -0.4 is 0 Å². The molecule has 1 N–H and O–H groups in total. The minimum Gasteiger partial charge on any atom is -0.506 e. The zero-order valence-electron chi connectivity index (χ0n) is 14.0. The van der Waals surface area contributed by atoms with Gasteiger partial charge in [0.25, 0.3) is 0 Å². The number of rotatable bonds is 3. The second-order valence-corrected chi connectivity index (χ2v) is 5.98. The molecule has 0 aliphatic carbocycles. The van der Waals surface area contributed by atoms with E-state index >= 15 is 0 Å². The summed E-state index contributed by atoms with van der Waals surface area (Å²) in [6.45, 7) is 2.14. The number of hydrogen-bond acceptors (Lipinski definition) is 3. The summed E-state index contributed by atoms with van der Waals surface area (Å²) in [6, 6.07) is 23.7. The van der Waals surface area contributed by atoms with E-state index in [1.165, 1.54) is 5.56 Å². The van der Waals surface area contributed by atoms with E-state index in [1.54, 1.807) is 12.1 Å². The molecule has 4 aromatic rings. The molecule has 122 valence electrons. The van der Waals surface area contributed by atoms with Crippen molar-refractivity contribution in [3.63, 3.8) is 0 Å². The molecule has 0 amide bonds. The van der Waals surface area contributed by atoms with Gasteiger partial charge in [-0.15, -0.1) is 0 Å². The van der Waals surface area contributed by atoms with Crippen LogP contribution in [0.3, 0.4) is 0 Å². The van der Waals surface area contributed by atoms with Crippen molar-refractivity contribution in [1.29, 1.82) is 0 Å². The van der Waals surface area contributed by atoms with Gasteiger partial charge >= 0.3 is 0 Å². The Labute approximate surface area is 146 Å². The van der Waals surface area contributed by atoms with Crippen LogP contribution in [0.5, 0.6) is 5.75 Å². The summed E-state index contributed by atoms with van der Waals surface area (Å²) < 4.78 is 0. The lowest BCUT2D eigenvalue weighted by Gasteiger charge is -2.11. The van der Waals surface area contributed by atoms with Crippen LogP contribution in [0.2, 0.25) is 0 Å². The molecule has 0 unspecified atom stereocenters. The van der Waals surface area contributed by atoms with Gasteiger partial charge in [0.15, 0.2) is 0 Å². The summed E-state index contributed by atoms with van der Waals surface area (Å²) in [5.74, 6) is 0.149. The fourth-order valence-electron chi connectivity index (χ4n) is 2.96. The number of aromatic nitrogens is 2. The Hall–Kier alpha value is -3.20. The van der Waals surface area contributed by atoms with E-state index in [0.29, 0.717) is 11.0 Å². The predicted molar refractivity (Wildman–Crippen MR) is 101 cm³/mol. The van der Waals surface area contributed by atoms with Gasteiger partial charge in [-0.25, -0.2) is 9.97 Å². The molecule has 0 aliphatic heterocycles. The minimum absolute atomic E-state index is 0.149. The summed E-state index contributed by atoms with van der Waals surface area (Å²) in [7, 11) is 0. The molecule has 0 saturated carbocycles. The standard InChI is InChI=1S/C22H18N2O/c1-2-15-11-13-17(14-12-15)21-20(16-7-4-3-5-8-16)23-18-9-6-10-19(25)22(18)24-21/h3-14,25H,2H2,1H3. The third kappa shape index (κ3) is 2.85. The van der Waals surface area contributed by atoms with Crippen molar-refractivity contribution in [3.8, 4) is 28.3 Å². The first-order valence-corrected chi connectivity index (χ1v) is 8.40. The minimum atomic E-state index is 0.149. The van der Waals surface area contributed by atoms with Crippen LogP contribution in [0.1, 0.15) is 12.5 Å².